The lowest BCUT2D eigenvalue weighted by Gasteiger charge is -2.07. The number of H-pyrrole nitrogens is 1. The Morgan fingerprint density at radius 1 is 1.47 bits per heavy atom. The lowest BCUT2D eigenvalue weighted by Crippen LogP contribution is -2.14. The SMILES string of the molecule is COc1cc(-n2cc[nH]c2=O)ccc1C(=O)O. The first-order chi connectivity index (χ1) is 8.13. The molecule has 0 saturated carbocycles. The molecule has 88 valence electrons. The zero-order valence-corrected chi connectivity index (χ0v) is 9.01. The smallest absolute Gasteiger partial charge is 0.339 e. The summed E-state index contributed by atoms with van der Waals surface area (Å²) < 4.78 is 6.33. The number of carbonyl (C=O) groups is 1. The van der Waals surface area contributed by atoms with E-state index < -0.39 is 5.97 Å². The van der Waals surface area contributed by atoms with Crippen molar-refractivity contribution in [3.8, 4) is 11.4 Å². The van der Waals surface area contributed by atoms with Gasteiger partial charge in [0.25, 0.3) is 0 Å². The Morgan fingerprint density at radius 2 is 2.24 bits per heavy atom. The minimum absolute atomic E-state index is 0.0554. The second-order valence-electron chi connectivity index (χ2n) is 3.32. The quantitative estimate of drug-likeness (QED) is 0.825. The molecule has 0 aliphatic rings. The molecule has 6 nitrogen and oxygen atoms in total. The molecular formula is C11H10N2O4. The maximum absolute atomic E-state index is 11.4. The summed E-state index contributed by atoms with van der Waals surface area (Å²) in [5, 5.41) is 8.92. The molecule has 0 bridgehead atoms. The molecular weight excluding hydrogens is 224 g/mol. The van der Waals surface area contributed by atoms with Gasteiger partial charge in [0.1, 0.15) is 11.3 Å². The van der Waals surface area contributed by atoms with Crippen LogP contribution >= 0.6 is 0 Å². The van der Waals surface area contributed by atoms with E-state index in [9.17, 15) is 9.59 Å². The van der Waals surface area contributed by atoms with E-state index >= 15 is 0 Å². The van der Waals surface area contributed by atoms with Crippen molar-refractivity contribution in [2.45, 2.75) is 0 Å². The van der Waals surface area contributed by atoms with Gasteiger partial charge in [-0.2, -0.15) is 0 Å². The summed E-state index contributed by atoms with van der Waals surface area (Å²) in [6, 6.07) is 4.44. The highest BCUT2D eigenvalue weighted by Crippen LogP contribution is 2.21. The number of nitrogens with zero attached hydrogens (tertiary/aromatic N) is 1. The molecule has 0 atom stereocenters. The molecule has 0 aliphatic carbocycles. The number of aromatic carboxylic acids is 1. The molecule has 1 aromatic carbocycles. The summed E-state index contributed by atoms with van der Waals surface area (Å²) in [5.41, 5.74) is 0.299. The topological polar surface area (TPSA) is 84.3 Å². The first-order valence-electron chi connectivity index (χ1n) is 4.81. The Hall–Kier alpha value is -2.50. The van der Waals surface area contributed by atoms with Gasteiger partial charge in [0.2, 0.25) is 0 Å². The van der Waals surface area contributed by atoms with E-state index in [2.05, 4.69) is 4.98 Å². The van der Waals surface area contributed by atoms with Gasteiger partial charge >= 0.3 is 11.7 Å². The Balaban J connectivity index is 2.56. The monoisotopic (exact) mass is 234 g/mol. The van der Waals surface area contributed by atoms with Crippen LogP contribution in [0.2, 0.25) is 0 Å². The van der Waals surface area contributed by atoms with Gasteiger partial charge in [-0.05, 0) is 12.1 Å². The third-order valence-corrected chi connectivity index (χ3v) is 2.34. The Bertz CT molecular complexity index is 612. The Kier molecular flexibility index (Phi) is 2.70. The largest absolute Gasteiger partial charge is 0.496 e. The van der Waals surface area contributed by atoms with E-state index in [-0.39, 0.29) is 17.0 Å². The lowest BCUT2D eigenvalue weighted by molar-refractivity contribution is 0.0693. The summed E-state index contributed by atoms with van der Waals surface area (Å²) >= 11 is 0. The highest BCUT2D eigenvalue weighted by molar-refractivity contribution is 5.91. The average Bonchev–Trinajstić information content (AvgIpc) is 2.74. The van der Waals surface area contributed by atoms with Crippen LogP contribution in [0.3, 0.4) is 0 Å². The second-order valence-corrected chi connectivity index (χ2v) is 3.32. The van der Waals surface area contributed by atoms with Gasteiger partial charge in [-0.1, -0.05) is 0 Å². The summed E-state index contributed by atoms with van der Waals surface area (Å²) in [5.74, 6) is -0.863. The number of ether oxygens (including phenoxy) is 1. The van der Waals surface area contributed by atoms with Gasteiger partial charge in [-0.25, -0.2) is 9.59 Å². The van der Waals surface area contributed by atoms with Crippen LogP contribution in [0.25, 0.3) is 5.69 Å². The molecule has 0 amide bonds. The van der Waals surface area contributed by atoms with Crippen LogP contribution < -0.4 is 10.4 Å². The van der Waals surface area contributed by atoms with Crippen LogP contribution in [0.1, 0.15) is 10.4 Å². The van der Waals surface area contributed by atoms with Crippen LogP contribution in [0, 0.1) is 0 Å². The number of nitrogens with one attached hydrogen (secondary N) is 1. The van der Waals surface area contributed by atoms with Gasteiger partial charge in [0.05, 0.1) is 12.8 Å². The zero-order chi connectivity index (χ0) is 12.4. The number of imidazole rings is 1. The molecule has 0 unspecified atom stereocenters. The molecule has 2 rings (SSSR count). The van der Waals surface area contributed by atoms with Gasteiger partial charge in [0, 0.05) is 18.5 Å². The first-order valence-corrected chi connectivity index (χ1v) is 4.81. The van der Waals surface area contributed by atoms with Crippen LogP contribution in [-0.2, 0) is 0 Å². The third-order valence-electron chi connectivity index (χ3n) is 2.34. The fourth-order valence-electron chi connectivity index (χ4n) is 1.53. The standard InChI is InChI=1S/C11H10N2O4/c1-17-9-6-7(2-3-8(9)10(14)15)13-5-4-12-11(13)16/h2-6H,1H3,(H,12,16)(H,14,15). The summed E-state index contributed by atoms with van der Waals surface area (Å²) in [7, 11) is 1.38. The predicted octanol–water partition coefficient (Wildman–Crippen LogP) is 0.872. The van der Waals surface area contributed by atoms with Crippen LogP contribution in [-0.4, -0.2) is 27.7 Å². The van der Waals surface area contributed by atoms with Crippen molar-refractivity contribution >= 4 is 5.97 Å². The van der Waals surface area contributed by atoms with Crippen molar-refractivity contribution in [1.29, 1.82) is 0 Å². The number of rotatable bonds is 3. The van der Waals surface area contributed by atoms with E-state index in [4.69, 9.17) is 9.84 Å². The second kappa shape index (κ2) is 4.17. The predicted molar refractivity (Wildman–Crippen MR) is 59.9 cm³/mol. The van der Waals surface area contributed by atoms with Crippen molar-refractivity contribution < 1.29 is 14.6 Å². The fraction of sp³-hybridized carbons (Fsp3) is 0.0909. The molecule has 2 aromatic rings. The zero-order valence-electron chi connectivity index (χ0n) is 9.01. The van der Waals surface area contributed by atoms with Crippen molar-refractivity contribution in [2.24, 2.45) is 0 Å². The third kappa shape index (κ3) is 1.92. The van der Waals surface area contributed by atoms with E-state index in [0.717, 1.165) is 0 Å². The maximum atomic E-state index is 11.4. The number of carboxylic acid groups (broad SMARTS) is 1. The molecule has 6 heteroatoms. The van der Waals surface area contributed by atoms with Crippen LogP contribution in [0.15, 0.2) is 35.4 Å². The van der Waals surface area contributed by atoms with E-state index in [1.807, 2.05) is 0 Å². The molecule has 0 spiro atoms. The average molecular weight is 234 g/mol. The van der Waals surface area contributed by atoms with Gasteiger partial charge in [0.15, 0.2) is 0 Å². The van der Waals surface area contributed by atoms with Gasteiger partial charge in [-0.15, -0.1) is 0 Å². The van der Waals surface area contributed by atoms with Crippen LogP contribution in [0.5, 0.6) is 5.75 Å². The van der Waals surface area contributed by atoms with Crippen molar-refractivity contribution in [2.75, 3.05) is 7.11 Å². The van der Waals surface area contributed by atoms with E-state index in [1.165, 1.54) is 30.0 Å². The fourth-order valence-corrected chi connectivity index (χ4v) is 1.53. The van der Waals surface area contributed by atoms with Crippen molar-refractivity contribution in [3.63, 3.8) is 0 Å². The van der Waals surface area contributed by atoms with E-state index in [0.29, 0.717) is 5.69 Å². The molecule has 0 aliphatic heterocycles. The van der Waals surface area contributed by atoms with Crippen molar-refractivity contribution in [3.05, 3.63) is 46.6 Å². The number of hydrogen-bond acceptors (Lipinski definition) is 3. The summed E-state index contributed by atoms with van der Waals surface area (Å²) in [6.45, 7) is 0. The maximum Gasteiger partial charge on any atom is 0.339 e. The first kappa shape index (κ1) is 11.0. The molecule has 17 heavy (non-hydrogen) atoms. The number of methoxy groups -OCH3 is 1. The van der Waals surface area contributed by atoms with Crippen molar-refractivity contribution in [1.82, 2.24) is 9.55 Å². The normalized spacial score (nSPS) is 10.2. The van der Waals surface area contributed by atoms with Gasteiger partial charge < -0.3 is 14.8 Å². The molecule has 1 heterocycles. The van der Waals surface area contributed by atoms with Gasteiger partial charge in [-0.3, -0.25) is 4.57 Å². The number of aromatic amines is 1. The number of carboxylic acids is 1. The molecule has 0 radical (unpaired) electrons. The van der Waals surface area contributed by atoms with E-state index in [1.54, 1.807) is 12.3 Å². The highest BCUT2D eigenvalue weighted by Gasteiger charge is 2.12. The number of benzene rings is 1. The molecule has 0 saturated heterocycles. The number of aromatic nitrogens is 2. The molecule has 2 N–H and O–H groups in total. The highest BCUT2D eigenvalue weighted by atomic mass is 16.5. The molecule has 0 fully saturated rings. The van der Waals surface area contributed by atoms with Crippen LogP contribution in [0.4, 0.5) is 0 Å². The lowest BCUT2D eigenvalue weighted by atomic mass is 10.2. The minimum Gasteiger partial charge on any atom is -0.496 e. The number of hydrogen-bond donors (Lipinski definition) is 2. The summed E-state index contributed by atoms with van der Waals surface area (Å²) in [4.78, 5) is 24.8. The molecule has 1 aromatic heterocycles. The Labute approximate surface area is 96.1 Å². The minimum atomic E-state index is -1.07. The Morgan fingerprint density at radius 3 is 2.76 bits per heavy atom. The summed E-state index contributed by atoms with van der Waals surface area (Å²) in [6.07, 6.45) is 3.05.